The van der Waals surface area contributed by atoms with Crippen molar-refractivity contribution in [1.82, 2.24) is 5.32 Å². The van der Waals surface area contributed by atoms with Crippen molar-refractivity contribution in [3.63, 3.8) is 0 Å². The van der Waals surface area contributed by atoms with Gasteiger partial charge in [-0.1, -0.05) is 0 Å². The second-order valence-corrected chi connectivity index (χ2v) is 4.59. The third-order valence-electron chi connectivity index (χ3n) is 2.28. The molecule has 1 atom stereocenters. The van der Waals surface area contributed by atoms with Crippen LogP contribution in [0.1, 0.15) is 6.42 Å². The van der Waals surface area contributed by atoms with E-state index in [1.54, 1.807) is 0 Å². The lowest BCUT2D eigenvalue weighted by molar-refractivity contribution is 0.793. The van der Waals surface area contributed by atoms with E-state index in [2.05, 4.69) is 57.5 Å². The van der Waals surface area contributed by atoms with E-state index in [1.165, 1.54) is 15.7 Å². The number of hydrogen-bond donors (Lipinski definition) is 2. The van der Waals surface area contributed by atoms with Gasteiger partial charge in [-0.2, -0.15) is 0 Å². The Morgan fingerprint density at radius 2 is 2.08 bits per heavy atom. The molecule has 1 aliphatic heterocycles. The van der Waals surface area contributed by atoms with Crippen molar-refractivity contribution in [2.24, 2.45) is 0 Å². The molecule has 13 heavy (non-hydrogen) atoms. The average molecular weight is 288 g/mol. The van der Waals surface area contributed by atoms with E-state index in [-0.39, 0.29) is 0 Å². The Balaban J connectivity index is 1.97. The lowest BCUT2D eigenvalue weighted by atomic mass is 10.2. The first kappa shape index (κ1) is 9.27. The molecule has 2 nitrogen and oxygen atoms in total. The van der Waals surface area contributed by atoms with Crippen molar-refractivity contribution in [3.8, 4) is 0 Å². The highest BCUT2D eigenvalue weighted by Gasteiger charge is 2.13. The molecular formula is C10H13IN2. The van der Waals surface area contributed by atoms with Gasteiger partial charge >= 0.3 is 0 Å². The summed E-state index contributed by atoms with van der Waals surface area (Å²) in [5.74, 6) is 0. The molecule has 0 aromatic heterocycles. The van der Waals surface area contributed by atoms with Gasteiger partial charge in [0.2, 0.25) is 0 Å². The maximum Gasteiger partial charge on any atom is 0.0398 e. The zero-order valence-electron chi connectivity index (χ0n) is 7.39. The normalized spacial score (nSPS) is 21.8. The van der Waals surface area contributed by atoms with Gasteiger partial charge in [-0.15, -0.1) is 0 Å². The Morgan fingerprint density at radius 1 is 1.31 bits per heavy atom. The Morgan fingerprint density at radius 3 is 2.69 bits per heavy atom. The average Bonchev–Trinajstić information content (AvgIpc) is 2.62. The van der Waals surface area contributed by atoms with Crippen molar-refractivity contribution in [2.75, 3.05) is 18.4 Å². The van der Waals surface area contributed by atoms with Crippen LogP contribution in [0, 0.1) is 3.57 Å². The molecule has 0 amide bonds. The number of halogens is 1. The van der Waals surface area contributed by atoms with Crippen molar-refractivity contribution >= 4 is 28.3 Å². The number of hydrogen-bond acceptors (Lipinski definition) is 2. The maximum atomic E-state index is 3.50. The lowest BCUT2D eigenvalue weighted by Crippen LogP contribution is -2.21. The van der Waals surface area contributed by atoms with Crippen LogP contribution in [-0.2, 0) is 0 Å². The van der Waals surface area contributed by atoms with Crippen molar-refractivity contribution in [2.45, 2.75) is 12.5 Å². The standard InChI is InChI=1S/C10H13IN2/c11-8-1-3-9(4-2-8)13-10-5-6-12-7-10/h1-4,10,12-13H,5-7H2. The smallest absolute Gasteiger partial charge is 0.0398 e. The van der Waals surface area contributed by atoms with Gasteiger partial charge in [-0.3, -0.25) is 0 Å². The molecule has 0 aliphatic carbocycles. The van der Waals surface area contributed by atoms with Crippen LogP contribution < -0.4 is 10.6 Å². The molecule has 2 N–H and O–H groups in total. The molecule has 0 spiro atoms. The molecule has 1 aromatic carbocycles. The van der Waals surface area contributed by atoms with E-state index in [4.69, 9.17) is 0 Å². The fourth-order valence-electron chi connectivity index (χ4n) is 1.56. The minimum atomic E-state index is 0.611. The zero-order valence-corrected chi connectivity index (χ0v) is 9.54. The van der Waals surface area contributed by atoms with Crippen molar-refractivity contribution in [1.29, 1.82) is 0 Å². The number of rotatable bonds is 2. The van der Waals surface area contributed by atoms with Crippen LogP contribution in [0.2, 0.25) is 0 Å². The van der Waals surface area contributed by atoms with Gasteiger partial charge < -0.3 is 10.6 Å². The highest BCUT2D eigenvalue weighted by atomic mass is 127. The third kappa shape index (κ3) is 2.57. The van der Waals surface area contributed by atoms with Crippen LogP contribution in [0.3, 0.4) is 0 Å². The van der Waals surface area contributed by atoms with Gasteiger partial charge in [0.15, 0.2) is 0 Å². The third-order valence-corrected chi connectivity index (χ3v) is 2.99. The summed E-state index contributed by atoms with van der Waals surface area (Å²) in [7, 11) is 0. The summed E-state index contributed by atoms with van der Waals surface area (Å²) in [4.78, 5) is 0. The molecule has 70 valence electrons. The molecular weight excluding hydrogens is 275 g/mol. The van der Waals surface area contributed by atoms with Crippen LogP contribution in [0.4, 0.5) is 5.69 Å². The summed E-state index contributed by atoms with van der Waals surface area (Å²) < 4.78 is 1.28. The van der Waals surface area contributed by atoms with Gasteiger partial charge in [-0.25, -0.2) is 0 Å². The first-order valence-electron chi connectivity index (χ1n) is 4.57. The Labute approximate surface area is 92.2 Å². The Bertz CT molecular complexity index is 265. The highest BCUT2D eigenvalue weighted by molar-refractivity contribution is 14.1. The Hall–Kier alpha value is -0.290. The quantitative estimate of drug-likeness (QED) is 0.814. The summed E-state index contributed by atoms with van der Waals surface area (Å²) in [5.41, 5.74) is 1.23. The monoisotopic (exact) mass is 288 g/mol. The molecule has 0 saturated carbocycles. The zero-order chi connectivity index (χ0) is 9.10. The van der Waals surface area contributed by atoms with E-state index in [9.17, 15) is 0 Å². The fourth-order valence-corrected chi connectivity index (χ4v) is 1.92. The summed E-state index contributed by atoms with van der Waals surface area (Å²) in [6, 6.07) is 9.15. The van der Waals surface area contributed by atoms with Crippen LogP contribution in [0.15, 0.2) is 24.3 Å². The SMILES string of the molecule is Ic1ccc(NC2CCNC2)cc1. The number of benzene rings is 1. The molecule has 2 rings (SSSR count). The lowest BCUT2D eigenvalue weighted by Gasteiger charge is -2.12. The molecule has 0 radical (unpaired) electrons. The minimum Gasteiger partial charge on any atom is -0.381 e. The molecule has 1 unspecified atom stereocenters. The van der Waals surface area contributed by atoms with E-state index >= 15 is 0 Å². The van der Waals surface area contributed by atoms with Crippen LogP contribution in [0.5, 0.6) is 0 Å². The molecule has 3 heteroatoms. The first-order chi connectivity index (χ1) is 6.34. The predicted octanol–water partition coefficient (Wildman–Crippen LogP) is 2.06. The molecule has 0 bridgehead atoms. The predicted molar refractivity (Wildman–Crippen MR) is 64.1 cm³/mol. The molecule has 1 heterocycles. The van der Waals surface area contributed by atoms with Gasteiger partial charge in [0.25, 0.3) is 0 Å². The van der Waals surface area contributed by atoms with E-state index in [1.807, 2.05) is 0 Å². The summed E-state index contributed by atoms with van der Waals surface area (Å²) in [5, 5.41) is 6.84. The number of nitrogens with one attached hydrogen (secondary N) is 2. The second-order valence-electron chi connectivity index (χ2n) is 3.34. The van der Waals surface area contributed by atoms with Gasteiger partial charge in [0, 0.05) is 21.8 Å². The van der Waals surface area contributed by atoms with E-state index in [0.717, 1.165) is 13.1 Å². The molecule has 1 aliphatic rings. The highest BCUT2D eigenvalue weighted by Crippen LogP contribution is 2.13. The van der Waals surface area contributed by atoms with Crippen LogP contribution in [0.25, 0.3) is 0 Å². The first-order valence-corrected chi connectivity index (χ1v) is 5.65. The van der Waals surface area contributed by atoms with Crippen LogP contribution >= 0.6 is 22.6 Å². The molecule has 1 fully saturated rings. The van der Waals surface area contributed by atoms with E-state index < -0.39 is 0 Å². The second kappa shape index (κ2) is 4.28. The van der Waals surface area contributed by atoms with Crippen LogP contribution in [-0.4, -0.2) is 19.1 Å². The van der Waals surface area contributed by atoms with Gasteiger partial charge in [-0.05, 0) is 59.8 Å². The van der Waals surface area contributed by atoms with E-state index in [0.29, 0.717) is 6.04 Å². The molecule has 1 aromatic rings. The summed E-state index contributed by atoms with van der Waals surface area (Å²) >= 11 is 2.32. The van der Waals surface area contributed by atoms with Crippen molar-refractivity contribution in [3.05, 3.63) is 27.8 Å². The Kier molecular flexibility index (Phi) is 3.05. The minimum absolute atomic E-state index is 0.611. The molecule has 1 saturated heterocycles. The van der Waals surface area contributed by atoms with Gasteiger partial charge in [0.1, 0.15) is 0 Å². The number of anilines is 1. The summed E-state index contributed by atoms with van der Waals surface area (Å²) in [6.07, 6.45) is 1.23. The fraction of sp³-hybridized carbons (Fsp3) is 0.400. The largest absolute Gasteiger partial charge is 0.381 e. The maximum absolute atomic E-state index is 3.50. The van der Waals surface area contributed by atoms with Crippen molar-refractivity contribution < 1.29 is 0 Å². The van der Waals surface area contributed by atoms with Gasteiger partial charge in [0.05, 0.1) is 0 Å². The summed E-state index contributed by atoms with van der Waals surface area (Å²) in [6.45, 7) is 2.23. The topological polar surface area (TPSA) is 24.1 Å².